The zero-order valence-electron chi connectivity index (χ0n) is 7.24. The Morgan fingerprint density at radius 2 is 2.33 bits per heavy atom. The third-order valence-corrected chi connectivity index (χ3v) is 4.66. The van der Waals surface area contributed by atoms with Crippen molar-refractivity contribution in [2.45, 2.75) is 13.8 Å². The van der Waals surface area contributed by atoms with Gasteiger partial charge in [0, 0.05) is 11.6 Å². The second-order valence-electron chi connectivity index (χ2n) is 1.68. The van der Waals surface area contributed by atoms with Crippen molar-refractivity contribution in [3.05, 3.63) is 10.4 Å². The molecule has 12 heavy (non-hydrogen) atoms. The van der Waals surface area contributed by atoms with E-state index in [-0.39, 0.29) is 51.4 Å². The van der Waals surface area contributed by atoms with Gasteiger partial charge < -0.3 is 9.42 Å². The fourth-order valence-corrected chi connectivity index (χ4v) is 3.36. The van der Waals surface area contributed by atoms with Crippen LogP contribution in [-0.4, -0.2) is 6.61 Å². The minimum absolute atomic E-state index is 0. The number of allylic oxidation sites excluding steroid dienone is 1. The fourth-order valence-electron chi connectivity index (χ4n) is 0.326. The topological polar surface area (TPSA) is 32.3 Å². The summed E-state index contributed by atoms with van der Waals surface area (Å²) >= 11 is 11.1. The van der Waals surface area contributed by atoms with Crippen molar-refractivity contribution in [1.82, 2.24) is 0 Å². The normalized spacial score (nSPS) is 16.5. The molecule has 0 spiro atoms. The van der Waals surface area contributed by atoms with Gasteiger partial charge in [0.2, 0.25) is 0 Å². The molecule has 66 valence electrons. The van der Waals surface area contributed by atoms with Crippen molar-refractivity contribution >= 4 is 40.5 Å². The van der Waals surface area contributed by atoms with E-state index in [1.807, 2.05) is 0 Å². The Morgan fingerprint density at radius 3 is 2.67 bits per heavy atom. The van der Waals surface area contributed by atoms with Crippen molar-refractivity contribution in [2.24, 2.45) is 0 Å². The first kappa shape index (κ1) is 17.0. The van der Waals surface area contributed by atoms with Crippen LogP contribution in [0.3, 0.4) is 0 Å². The van der Waals surface area contributed by atoms with Gasteiger partial charge in [0.05, 0.1) is 5.69 Å². The zero-order valence-corrected chi connectivity index (χ0v) is 13.6. The van der Waals surface area contributed by atoms with Gasteiger partial charge in [-0.05, 0) is 19.3 Å². The maximum absolute atomic E-state index is 11.2. The third kappa shape index (κ3) is 10.7. The molecule has 0 saturated carbocycles. The molecule has 1 unspecified atom stereocenters. The monoisotopic (exact) mass is 270 g/mol. The van der Waals surface area contributed by atoms with Gasteiger partial charge in [-0.15, -0.1) is 0 Å². The molecule has 0 aromatic carbocycles. The Balaban J connectivity index is 0. The maximum Gasteiger partial charge on any atom is 1.00 e. The van der Waals surface area contributed by atoms with Gasteiger partial charge in [-0.25, -0.2) is 0 Å². The SMILES string of the molecule is CCOP([O-])(=S)SC=C(C)Cl.[K+]. The Morgan fingerprint density at radius 1 is 1.83 bits per heavy atom. The van der Waals surface area contributed by atoms with Gasteiger partial charge in [0.15, 0.2) is 0 Å². The molecule has 7 heteroatoms. The predicted octanol–water partition coefficient (Wildman–Crippen LogP) is -0.555. The van der Waals surface area contributed by atoms with Crippen LogP contribution < -0.4 is 56.3 Å². The third-order valence-electron chi connectivity index (χ3n) is 0.631. The maximum atomic E-state index is 11.2. The molecular formula is C5H9ClKO2PS2. The molecule has 0 amide bonds. The van der Waals surface area contributed by atoms with E-state index in [1.165, 1.54) is 5.41 Å². The van der Waals surface area contributed by atoms with Gasteiger partial charge in [-0.3, -0.25) is 0 Å². The summed E-state index contributed by atoms with van der Waals surface area (Å²) in [5.41, 5.74) is -2.91. The molecule has 0 aromatic rings. The Kier molecular flexibility index (Phi) is 12.5. The van der Waals surface area contributed by atoms with E-state index in [4.69, 9.17) is 16.1 Å². The molecule has 0 aromatic heterocycles. The Hall–Kier alpha value is 2.59. The van der Waals surface area contributed by atoms with Crippen LogP contribution in [0.2, 0.25) is 0 Å². The first-order valence-corrected chi connectivity index (χ1v) is 7.44. The van der Waals surface area contributed by atoms with Crippen molar-refractivity contribution < 1.29 is 60.8 Å². The molecule has 0 aliphatic rings. The van der Waals surface area contributed by atoms with Crippen LogP contribution in [0, 0.1) is 0 Å². The van der Waals surface area contributed by atoms with Crippen LogP contribution in [0.15, 0.2) is 10.4 Å². The second-order valence-corrected chi connectivity index (χ2v) is 8.08. The van der Waals surface area contributed by atoms with Gasteiger partial charge >= 0.3 is 51.4 Å². The average molecular weight is 271 g/mol. The minimum Gasteiger partial charge on any atom is -0.793 e. The Bertz CT molecular complexity index is 196. The quantitative estimate of drug-likeness (QED) is 0.507. The van der Waals surface area contributed by atoms with Crippen molar-refractivity contribution in [3.63, 3.8) is 0 Å². The van der Waals surface area contributed by atoms with E-state index in [0.29, 0.717) is 11.6 Å². The van der Waals surface area contributed by atoms with E-state index >= 15 is 0 Å². The number of hydrogen-bond acceptors (Lipinski definition) is 4. The molecule has 0 fully saturated rings. The van der Waals surface area contributed by atoms with E-state index in [0.717, 1.165) is 11.4 Å². The summed E-state index contributed by atoms with van der Waals surface area (Å²) in [6.45, 7) is 3.80. The summed E-state index contributed by atoms with van der Waals surface area (Å²) in [4.78, 5) is 11.2. The summed E-state index contributed by atoms with van der Waals surface area (Å²) < 4.78 is 4.81. The smallest absolute Gasteiger partial charge is 0.793 e. The van der Waals surface area contributed by atoms with Crippen LogP contribution in [0.25, 0.3) is 0 Å². The zero-order chi connectivity index (χ0) is 8.91. The molecule has 0 bridgehead atoms. The molecule has 1 atom stereocenters. The summed E-state index contributed by atoms with van der Waals surface area (Å²) in [6.07, 6.45) is 0. The van der Waals surface area contributed by atoms with E-state index in [1.54, 1.807) is 13.8 Å². The number of halogens is 1. The van der Waals surface area contributed by atoms with E-state index < -0.39 is 5.69 Å². The first-order chi connectivity index (χ1) is 4.98. The molecule has 0 radical (unpaired) electrons. The molecule has 2 nitrogen and oxygen atoms in total. The van der Waals surface area contributed by atoms with Gasteiger partial charge in [-0.1, -0.05) is 34.8 Å². The van der Waals surface area contributed by atoms with Crippen molar-refractivity contribution in [1.29, 1.82) is 0 Å². The molecule has 0 saturated heterocycles. The summed E-state index contributed by atoms with van der Waals surface area (Å²) in [5.74, 6) is 0. The van der Waals surface area contributed by atoms with Crippen molar-refractivity contribution in [2.75, 3.05) is 6.61 Å². The molecular weight excluding hydrogens is 262 g/mol. The number of hydrogen-bond donors (Lipinski definition) is 0. The number of rotatable bonds is 4. The van der Waals surface area contributed by atoms with Gasteiger partial charge in [0.1, 0.15) is 0 Å². The summed E-state index contributed by atoms with van der Waals surface area (Å²) in [6, 6.07) is 0. The van der Waals surface area contributed by atoms with Crippen LogP contribution in [-0.2, 0) is 16.3 Å². The molecule has 0 N–H and O–H groups in total. The van der Waals surface area contributed by atoms with Crippen LogP contribution in [0.4, 0.5) is 0 Å². The standard InChI is InChI=1S/C5H10ClO2PS2.K/c1-3-8-9(7,10)11-4-5(2)6;/h4H,3H2,1-2H3,(H,7,10);/q;+1/p-1. The molecule has 0 aliphatic carbocycles. The van der Waals surface area contributed by atoms with Crippen LogP contribution in [0.1, 0.15) is 13.8 Å². The Labute approximate surface area is 130 Å². The molecule has 0 aliphatic heterocycles. The summed E-state index contributed by atoms with van der Waals surface area (Å²) in [5, 5.41) is 2.09. The van der Waals surface area contributed by atoms with Crippen molar-refractivity contribution in [3.8, 4) is 0 Å². The average Bonchev–Trinajstić information content (AvgIpc) is 1.84. The molecule has 0 heterocycles. The van der Waals surface area contributed by atoms with Crippen LogP contribution >= 0.6 is 28.7 Å². The summed E-state index contributed by atoms with van der Waals surface area (Å²) in [7, 11) is 0. The predicted molar refractivity (Wildman–Crippen MR) is 53.1 cm³/mol. The largest absolute Gasteiger partial charge is 1.00 e. The molecule has 0 rings (SSSR count). The minimum atomic E-state index is -2.91. The van der Waals surface area contributed by atoms with Crippen LogP contribution in [0.5, 0.6) is 0 Å². The fraction of sp³-hybridized carbons (Fsp3) is 0.600. The first-order valence-electron chi connectivity index (χ1n) is 2.94. The second kappa shape index (κ2) is 8.86. The van der Waals surface area contributed by atoms with E-state index in [2.05, 4.69) is 11.8 Å². The van der Waals surface area contributed by atoms with Gasteiger partial charge in [0.25, 0.3) is 0 Å². The van der Waals surface area contributed by atoms with Gasteiger partial charge in [-0.2, -0.15) is 0 Å². The van der Waals surface area contributed by atoms with E-state index in [9.17, 15) is 4.89 Å².